The maximum Gasteiger partial charge on any atom is 0.352 e. The number of aromatic nitrogens is 3. The van der Waals surface area contributed by atoms with E-state index in [2.05, 4.69) is 19.8 Å². The molecular formula is C26H31ClN8O11S2. The van der Waals surface area contributed by atoms with Gasteiger partial charge in [0.05, 0.1) is 45.0 Å². The van der Waals surface area contributed by atoms with Crippen molar-refractivity contribution in [2.75, 3.05) is 38.7 Å². The van der Waals surface area contributed by atoms with Crippen molar-refractivity contribution in [3.63, 3.8) is 0 Å². The van der Waals surface area contributed by atoms with Crippen LogP contribution in [0.3, 0.4) is 0 Å². The van der Waals surface area contributed by atoms with Gasteiger partial charge < -0.3 is 50.2 Å². The molecule has 2 amide bonds. The van der Waals surface area contributed by atoms with Crippen molar-refractivity contribution in [3.05, 3.63) is 45.3 Å². The average molecular weight is 731 g/mol. The number of nitrogen functional groups attached to an aromatic ring is 1. The Kier molecular flexibility index (Phi) is 11.1. The minimum Gasteiger partial charge on any atom is -0.543 e. The van der Waals surface area contributed by atoms with Gasteiger partial charge in [0.15, 0.2) is 10.9 Å². The fourth-order valence-electron chi connectivity index (χ4n) is 4.62. The summed E-state index contributed by atoms with van der Waals surface area (Å²) >= 11 is 1.91. The van der Waals surface area contributed by atoms with Crippen LogP contribution in [0.1, 0.15) is 30.2 Å². The molecule has 0 unspecified atom stereocenters. The predicted octanol–water partition coefficient (Wildman–Crippen LogP) is -2.13. The number of carbonyl (C=O) groups is 5. The first-order valence-electron chi connectivity index (χ1n) is 13.6. The van der Waals surface area contributed by atoms with E-state index in [9.17, 15) is 49.2 Å². The number of amides is 2. The number of aromatic hydroxyl groups is 1. The molecule has 1 fully saturated rings. The largest absolute Gasteiger partial charge is 0.543 e. The molecule has 6 N–H and O–H groups in total. The molecule has 0 radical (unpaired) electrons. The number of pyridine rings is 1. The number of hydrogen-bond donors (Lipinski definition) is 5. The van der Waals surface area contributed by atoms with Crippen LogP contribution in [-0.4, -0.2) is 124 Å². The number of nitrogens with two attached hydrogens (primary N) is 1. The van der Waals surface area contributed by atoms with Crippen molar-refractivity contribution in [3.8, 4) is 5.75 Å². The number of likely N-dealkylation sites (N-methyl/N-ethyl adjacent to an activating group) is 1. The van der Waals surface area contributed by atoms with Gasteiger partial charge in [-0.15, -0.1) is 24.2 Å². The van der Waals surface area contributed by atoms with E-state index in [1.165, 1.54) is 30.2 Å². The van der Waals surface area contributed by atoms with Gasteiger partial charge in [0, 0.05) is 28.9 Å². The Morgan fingerprint density at radius 3 is 2.48 bits per heavy atom. The molecule has 0 bridgehead atoms. The van der Waals surface area contributed by atoms with E-state index in [1.807, 2.05) is 0 Å². The van der Waals surface area contributed by atoms with Crippen LogP contribution in [0.25, 0.3) is 0 Å². The lowest BCUT2D eigenvalue weighted by Gasteiger charge is -2.51. The van der Waals surface area contributed by atoms with Gasteiger partial charge in [-0.2, -0.15) is 9.36 Å². The van der Waals surface area contributed by atoms with Crippen LogP contribution in [0, 0.1) is 0 Å². The molecule has 260 valence electrons. The monoisotopic (exact) mass is 730 g/mol. The second-order valence-electron chi connectivity index (χ2n) is 11.6. The SMILES string of the molecule is CC(C)(ON=C(C(=O)N[C@@H]1C(=O)N2C(C(=O)[O-])=C(C[N+](C)(C)CCn3cc(O)c(=O)cc3C(=O)O)CS[C@@H]12)c1nsc(N)n1)C(=O)O.Cl. The number of rotatable bonds is 13. The zero-order valence-electron chi connectivity index (χ0n) is 25.7. The zero-order chi connectivity index (χ0) is 35.0. The lowest BCUT2D eigenvalue weighted by Crippen LogP contribution is -2.71. The minimum atomic E-state index is -1.84. The standard InChI is InChI=1S/C26H30N8O11S2.ClH/c1-26(2,24(43)44)45-30-15(18-29-25(27)47-31-18)19(37)28-16-20(38)33-17(23(41)42)11(10-46-21(16)33)9-34(3,4)6-5-32-8-14(36)13(35)7-12(32)22(39)40;/h7-8,16,21H,5-6,9-10H2,1-4H3,(H6-,27,28,29,31,36,37,39,40,41,42,43,44);1H/t16-,21+;/m1./s1. The van der Waals surface area contributed by atoms with Crippen LogP contribution in [-0.2, 0) is 30.6 Å². The molecule has 0 aliphatic carbocycles. The van der Waals surface area contributed by atoms with Crippen LogP contribution in [0.5, 0.6) is 5.75 Å². The summed E-state index contributed by atoms with van der Waals surface area (Å²) in [6.45, 7) is 2.75. The smallest absolute Gasteiger partial charge is 0.352 e. The molecule has 22 heteroatoms. The molecule has 0 spiro atoms. The number of aromatic carboxylic acids is 1. The second-order valence-corrected chi connectivity index (χ2v) is 13.5. The van der Waals surface area contributed by atoms with E-state index in [0.717, 1.165) is 28.7 Å². The topological polar surface area (TPSA) is 280 Å². The Hall–Kier alpha value is -4.73. The molecule has 4 heterocycles. The van der Waals surface area contributed by atoms with E-state index in [1.54, 1.807) is 14.1 Å². The van der Waals surface area contributed by atoms with E-state index in [0.29, 0.717) is 5.57 Å². The van der Waals surface area contributed by atoms with E-state index < -0.39 is 63.6 Å². The molecular weight excluding hydrogens is 700 g/mol. The van der Waals surface area contributed by atoms with Crippen LogP contribution in [0.4, 0.5) is 5.13 Å². The van der Waals surface area contributed by atoms with Crippen molar-refractivity contribution in [1.29, 1.82) is 0 Å². The fraction of sp³-hybridized carbons (Fsp3) is 0.423. The quantitative estimate of drug-likeness (QED) is 0.0637. The molecule has 1 saturated heterocycles. The number of oxime groups is 1. The Morgan fingerprint density at radius 1 is 1.25 bits per heavy atom. The fourth-order valence-corrected chi connectivity index (χ4v) is 6.39. The molecule has 19 nitrogen and oxygen atoms in total. The second kappa shape index (κ2) is 14.2. The Balaban J connectivity index is 0.00000625. The lowest BCUT2D eigenvalue weighted by molar-refractivity contribution is -0.886. The number of halogens is 1. The highest BCUT2D eigenvalue weighted by molar-refractivity contribution is 8.00. The third-order valence-electron chi connectivity index (χ3n) is 7.17. The number of carboxylic acids is 3. The maximum absolute atomic E-state index is 13.3. The van der Waals surface area contributed by atoms with Crippen LogP contribution in [0.2, 0.25) is 0 Å². The van der Waals surface area contributed by atoms with Gasteiger partial charge >= 0.3 is 11.9 Å². The summed E-state index contributed by atoms with van der Waals surface area (Å²) in [5.74, 6) is -6.90. The van der Waals surface area contributed by atoms with E-state index in [4.69, 9.17) is 10.6 Å². The summed E-state index contributed by atoms with van der Waals surface area (Å²) in [5.41, 5.74) is 2.03. The number of nitrogens with zero attached hydrogens (tertiary/aromatic N) is 6. The zero-order valence-corrected chi connectivity index (χ0v) is 28.2. The number of fused-ring (bicyclic) bond motifs is 1. The van der Waals surface area contributed by atoms with Crippen LogP contribution < -0.4 is 21.6 Å². The number of carboxylic acid groups (broad SMARTS) is 3. The molecule has 2 aromatic rings. The third kappa shape index (κ3) is 7.86. The molecule has 4 rings (SSSR count). The number of quaternary nitrogens is 1. The minimum absolute atomic E-state index is 0. The summed E-state index contributed by atoms with van der Waals surface area (Å²) in [6, 6.07) is -0.402. The highest BCUT2D eigenvalue weighted by Gasteiger charge is 2.53. The van der Waals surface area contributed by atoms with Gasteiger partial charge in [0.1, 0.15) is 23.7 Å². The summed E-state index contributed by atoms with van der Waals surface area (Å²) < 4.78 is 5.22. The first-order valence-corrected chi connectivity index (χ1v) is 15.4. The molecule has 0 saturated carbocycles. The van der Waals surface area contributed by atoms with Crippen molar-refractivity contribution in [1.82, 2.24) is 24.1 Å². The third-order valence-corrected chi connectivity index (χ3v) is 9.05. The Bertz CT molecular complexity index is 1790. The molecule has 2 aliphatic heterocycles. The molecule has 48 heavy (non-hydrogen) atoms. The summed E-state index contributed by atoms with van der Waals surface area (Å²) in [5, 5.41) is 46.1. The van der Waals surface area contributed by atoms with E-state index >= 15 is 0 Å². The van der Waals surface area contributed by atoms with E-state index in [-0.39, 0.29) is 64.6 Å². The van der Waals surface area contributed by atoms with Crippen molar-refractivity contribution >= 4 is 76.3 Å². The summed E-state index contributed by atoms with van der Waals surface area (Å²) in [6.07, 6.45) is 1.01. The number of β-lactam (4-membered cyclic amide) rings is 1. The van der Waals surface area contributed by atoms with Gasteiger partial charge in [0.25, 0.3) is 11.8 Å². The van der Waals surface area contributed by atoms with Crippen LogP contribution in [0.15, 0.2) is 33.5 Å². The number of anilines is 1. The van der Waals surface area contributed by atoms with Gasteiger partial charge in [0.2, 0.25) is 22.6 Å². The number of thioether (sulfide) groups is 1. The van der Waals surface area contributed by atoms with Crippen LogP contribution >= 0.6 is 35.7 Å². The highest BCUT2D eigenvalue weighted by Crippen LogP contribution is 2.40. The molecule has 2 aliphatic rings. The highest BCUT2D eigenvalue weighted by atomic mass is 35.5. The first kappa shape index (κ1) is 37.7. The average Bonchev–Trinajstić information content (AvgIpc) is 3.41. The summed E-state index contributed by atoms with van der Waals surface area (Å²) in [4.78, 5) is 83.5. The van der Waals surface area contributed by atoms with Gasteiger partial charge in [-0.1, -0.05) is 5.16 Å². The predicted molar refractivity (Wildman–Crippen MR) is 169 cm³/mol. The molecule has 2 atom stereocenters. The lowest BCUT2D eigenvalue weighted by atomic mass is 10.0. The van der Waals surface area contributed by atoms with Crippen molar-refractivity contribution < 1.29 is 53.7 Å². The first-order chi connectivity index (χ1) is 21.8. The number of hydrogen-bond acceptors (Lipinski definition) is 15. The normalized spacial score (nSPS) is 18.0. The number of nitrogens with one attached hydrogen (secondary N) is 1. The maximum atomic E-state index is 13.3. The molecule has 0 aromatic carbocycles. The Morgan fingerprint density at radius 2 is 1.92 bits per heavy atom. The van der Waals surface area contributed by atoms with Gasteiger partial charge in [-0.3, -0.25) is 19.3 Å². The number of aliphatic carboxylic acids is 2. The van der Waals surface area contributed by atoms with Gasteiger partial charge in [-0.25, -0.2) is 9.59 Å². The molecule has 2 aromatic heterocycles. The number of carbonyl (C=O) groups excluding carboxylic acids is 3. The van der Waals surface area contributed by atoms with Gasteiger partial charge in [-0.05, 0) is 13.8 Å². The van der Waals surface area contributed by atoms with Crippen molar-refractivity contribution in [2.24, 2.45) is 5.16 Å². The Labute approximate surface area is 285 Å². The summed E-state index contributed by atoms with van der Waals surface area (Å²) in [7, 11) is 3.49. The van der Waals surface area contributed by atoms with Crippen molar-refractivity contribution in [2.45, 2.75) is 37.4 Å².